The highest BCUT2D eigenvalue weighted by atomic mass is 15.1. The van der Waals surface area contributed by atoms with Crippen LogP contribution in [-0.2, 0) is 19.5 Å². The Kier molecular flexibility index (Phi) is 6.07. The molecule has 1 heterocycles. The van der Waals surface area contributed by atoms with E-state index in [1.165, 1.54) is 42.6 Å². The van der Waals surface area contributed by atoms with Gasteiger partial charge < -0.3 is 11.1 Å². The minimum absolute atomic E-state index is 0.453. The molecule has 3 rings (SSSR count). The summed E-state index contributed by atoms with van der Waals surface area (Å²) in [6.07, 6.45) is 3.68. The zero-order chi connectivity index (χ0) is 17.5. The summed E-state index contributed by atoms with van der Waals surface area (Å²) >= 11 is 0. The molecule has 1 aliphatic heterocycles. The van der Waals surface area contributed by atoms with Crippen molar-refractivity contribution in [3.05, 3.63) is 65.2 Å². The number of guanidine groups is 1. The van der Waals surface area contributed by atoms with Crippen molar-refractivity contribution in [3.8, 4) is 0 Å². The molecule has 2 aromatic carbocycles. The average molecular weight is 336 g/mol. The monoisotopic (exact) mass is 336 g/mol. The molecule has 1 saturated heterocycles. The molecule has 0 amide bonds. The van der Waals surface area contributed by atoms with Crippen LogP contribution in [0, 0.1) is 0 Å². The third-order valence-corrected chi connectivity index (χ3v) is 4.67. The summed E-state index contributed by atoms with van der Waals surface area (Å²) in [5.41, 5.74) is 10.8. The number of nitrogens with two attached hydrogens (primary N) is 1. The van der Waals surface area contributed by atoms with Crippen LogP contribution in [0.2, 0.25) is 0 Å². The molecule has 1 aliphatic rings. The lowest BCUT2D eigenvalue weighted by molar-refractivity contribution is 0.331. The first kappa shape index (κ1) is 17.5. The fraction of sp³-hybridized carbons (Fsp3) is 0.381. The molecule has 4 nitrogen and oxygen atoms in total. The van der Waals surface area contributed by atoms with Crippen molar-refractivity contribution in [2.24, 2.45) is 10.7 Å². The number of hydrogen-bond donors (Lipinski definition) is 2. The lowest BCUT2D eigenvalue weighted by atomic mass is 10.1. The van der Waals surface area contributed by atoms with Crippen LogP contribution in [-0.4, -0.2) is 23.9 Å². The Bertz CT molecular complexity index is 700. The molecule has 1 fully saturated rings. The average Bonchev–Trinajstić information content (AvgIpc) is 3.14. The maximum atomic E-state index is 6.02. The molecule has 0 saturated carbocycles. The van der Waals surface area contributed by atoms with E-state index in [0.717, 1.165) is 18.7 Å². The van der Waals surface area contributed by atoms with E-state index < -0.39 is 0 Å². The number of rotatable bonds is 6. The van der Waals surface area contributed by atoms with Crippen LogP contribution in [0.15, 0.2) is 53.5 Å². The van der Waals surface area contributed by atoms with Crippen molar-refractivity contribution in [2.75, 3.05) is 18.4 Å². The number of aryl methyl sites for hydroxylation is 1. The summed E-state index contributed by atoms with van der Waals surface area (Å²) < 4.78 is 0. The number of likely N-dealkylation sites (tertiary alicyclic amines) is 1. The third kappa shape index (κ3) is 5.33. The highest BCUT2D eigenvalue weighted by Gasteiger charge is 2.11. The Morgan fingerprint density at radius 2 is 1.76 bits per heavy atom. The van der Waals surface area contributed by atoms with E-state index >= 15 is 0 Å². The summed E-state index contributed by atoms with van der Waals surface area (Å²) in [6, 6.07) is 17.0. The highest BCUT2D eigenvalue weighted by molar-refractivity contribution is 5.92. The van der Waals surface area contributed by atoms with Crippen LogP contribution in [0.1, 0.15) is 36.5 Å². The summed E-state index contributed by atoms with van der Waals surface area (Å²) in [4.78, 5) is 6.96. The molecule has 0 atom stereocenters. The molecule has 4 heteroatoms. The van der Waals surface area contributed by atoms with Gasteiger partial charge in [-0.15, -0.1) is 0 Å². The third-order valence-electron chi connectivity index (χ3n) is 4.67. The largest absolute Gasteiger partial charge is 0.370 e. The maximum Gasteiger partial charge on any atom is 0.193 e. The zero-order valence-corrected chi connectivity index (χ0v) is 15.0. The van der Waals surface area contributed by atoms with Crippen molar-refractivity contribution in [1.82, 2.24) is 4.90 Å². The van der Waals surface area contributed by atoms with E-state index in [4.69, 9.17) is 5.73 Å². The van der Waals surface area contributed by atoms with Gasteiger partial charge in [0.15, 0.2) is 5.96 Å². The van der Waals surface area contributed by atoms with Crippen LogP contribution in [0.5, 0.6) is 0 Å². The smallest absolute Gasteiger partial charge is 0.193 e. The molecule has 0 spiro atoms. The normalized spacial score (nSPS) is 15.5. The number of hydrogen-bond acceptors (Lipinski definition) is 2. The van der Waals surface area contributed by atoms with Gasteiger partial charge in [-0.05, 0) is 61.2 Å². The van der Waals surface area contributed by atoms with Gasteiger partial charge in [0.1, 0.15) is 0 Å². The molecule has 2 aromatic rings. The summed E-state index contributed by atoms with van der Waals surface area (Å²) in [5, 5.41) is 3.17. The van der Waals surface area contributed by atoms with E-state index in [-0.39, 0.29) is 0 Å². The standard InChI is InChI=1S/C21H28N4/c1-2-17-6-5-7-20(14-17)24-21(22)23-15-18-8-10-19(11-9-18)16-25-12-3-4-13-25/h5-11,14H,2-4,12-13,15-16H2,1H3,(H3,22,23,24). The molecule has 3 N–H and O–H groups in total. The van der Waals surface area contributed by atoms with Gasteiger partial charge in [-0.1, -0.05) is 43.3 Å². The van der Waals surface area contributed by atoms with Gasteiger partial charge in [0.05, 0.1) is 6.54 Å². The number of anilines is 1. The predicted molar refractivity (Wildman–Crippen MR) is 106 cm³/mol. The molecule has 0 unspecified atom stereocenters. The van der Waals surface area contributed by atoms with Gasteiger partial charge >= 0.3 is 0 Å². The van der Waals surface area contributed by atoms with E-state index in [0.29, 0.717) is 12.5 Å². The summed E-state index contributed by atoms with van der Waals surface area (Å²) in [5.74, 6) is 0.453. The van der Waals surface area contributed by atoms with Crippen molar-refractivity contribution in [1.29, 1.82) is 0 Å². The number of nitrogens with one attached hydrogen (secondary N) is 1. The van der Waals surface area contributed by atoms with Crippen molar-refractivity contribution < 1.29 is 0 Å². The first-order valence-corrected chi connectivity index (χ1v) is 9.19. The van der Waals surface area contributed by atoms with Gasteiger partial charge in [0.25, 0.3) is 0 Å². The SMILES string of the molecule is CCc1cccc(NC(N)=NCc2ccc(CN3CCCC3)cc2)c1. The Labute approximate surface area is 150 Å². The topological polar surface area (TPSA) is 53.6 Å². The highest BCUT2D eigenvalue weighted by Crippen LogP contribution is 2.14. The van der Waals surface area contributed by atoms with Crippen LogP contribution in [0.4, 0.5) is 5.69 Å². The fourth-order valence-corrected chi connectivity index (χ4v) is 3.18. The second-order valence-corrected chi connectivity index (χ2v) is 6.68. The number of nitrogens with zero attached hydrogens (tertiary/aromatic N) is 2. The number of benzene rings is 2. The Hall–Kier alpha value is -2.33. The van der Waals surface area contributed by atoms with Crippen molar-refractivity contribution in [2.45, 2.75) is 39.3 Å². The fourth-order valence-electron chi connectivity index (χ4n) is 3.18. The first-order chi connectivity index (χ1) is 12.2. The zero-order valence-electron chi connectivity index (χ0n) is 15.0. The molecule has 25 heavy (non-hydrogen) atoms. The van der Waals surface area contributed by atoms with E-state index in [1.807, 2.05) is 12.1 Å². The Balaban J connectivity index is 1.53. The molecular weight excluding hydrogens is 308 g/mol. The first-order valence-electron chi connectivity index (χ1n) is 9.19. The van der Waals surface area contributed by atoms with E-state index in [2.05, 4.69) is 58.5 Å². The Morgan fingerprint density at radius 3 is 2.48 bits per heavy atom. The van der Waals surface area contributed by atoms with Gasteiger partial charge in [-0.3, -0.25) is 4.90 Å². The quantitative estimate of drug-likeness (QED) is 0.623. The van der Waals surface area contributed by atoms with Crippen LogP contribution < -0.4 is 11.1 Å². The molecule has 132 valence electrons. The second kappa shape index (κ2) is 8.67. The Morgan fingerprint density at radius 1 is 1.04 bits per heavy atom. The lowest BCUT2D eigenvalue weighted by Crippen LogP contribution is -2.22. The minimum Gasteiger partial charge on any atom is -0.370 e. The van der Waals surface area contributed by atoms with E-state index in [9.17, 15) is 0 Å². The van der Waals surface area contributed by atoms with Gasteiger partial charge in [-0.25, -0.2) is 4.99 Å². The van der Waals surface area contributed by atoms with Crippen LogP contribution in [0.25, 0.3) is 0 Å². The van der Waals surface area contributed by atoms with Gasteiger partial charge in [-0.2, -0.15) is 0 Å². The lowest BCUT2D eigenvalue weighted by Gasteiger charge is -2.14. The molecule has 0 aromatic heterocycles. The summed E-state index contributed by atoms with van der Waals surface area (Å²) in [6.45, 7) is 6.25. The van der Waals surface area contributed by atoms with Crippen LogP contribution >= 0.6 is 0 Å². The molecular formula is C21H28N4. The molecule has 0 radical (unpaired) electrons. The van der Waals surface area contributed by atoms with Crippen molar-refractivity contribution in [3.63, 3.8) is 0 Å². The predicted octanol–water partition coefficient (Wildman–Crippen LogP) is 3.77. The molecule has 0 aliphatic carbocycles. The van der Waals surface area contributed by atoms with Crippen LogP contribution in [0.3, 0.4) is 0 Å². The maximum absolute atomic E-state index is 6.02. The molecule has 0 bridgehead atoms. The number of aliphatic imine (C=N–C) groups is 1. The van der Waals surface area contributed by atoms with Crippen molar-refractivity contribution >= 4 is 11.6 Å². The summed E-state index contributed by atoms with van der Waals surface area (Å²) in [7, 11) is 0. The van der Waals surface area contributed by atoms with Gasteiger partial charge in [0, 0.05) is 12.2 Å². The second-order valence-electron chi connectivity index (χ2n) is 6.68. The van der Waals surface area contributed by atoms with Gasteiger partial charge in [0.2, 0.25) is 0 Å². The van der Waals surface area contributed by atoms with E-state index in [1.54, 1.807) is 0 Å². The minimum atomic E-state index is 0.453.